The fourth-order valence-corrected chi connectivity index (χ4v) is 4.71. The zero-order valence-corrected chi connectivity index (χ0v) is 17.1. The minimum Gasteiger partial charge on any atom is -0.340 e. The Balaban J connectivity index is 1.47. The summed E-state index contributed by atoms with van der Waals surface area (Å²) in [7, 11) is 0. The second kappa shape index (κ2) is 8.31. The maximum absolute atomic E-state index is 13.3. The fraction of sp³-hybridized carbons (Fsp3) is 0.478. The summed E-state index contributed by atoms with van der Waals surface area (Å²) < 4.78 is 0. The summed E-state index contributed by atoms with van der Waals surface area (Å²) in [6, 6.07) is 7.75. The van der Waals surface area contributed by atoms with E-state index in [0.29, 0.717) is 12.5 Å². The Labute approximate surface area is 172 Å². The second-order valence-corrected chi connectivity index (χ2v) is 8.26. The first kappa shape index (κ1) is 19.6. The monoisotopic (exact) mass is 392 g/mol. The molecular formula is C23H28N4O2. The normalized spacial score (nSPS) is 23.4. The first-order valence-electron chi connectivity index (χ1n) is 10.5. The number of aromatic nitrogens is 2. The number of amides is 2. The summed E-state index contributed by atoms with van der Waals surface area (Å²) in [6.07, 6.45) is 9.04. The lowest BCUT2D eigenvalue weighted by atomic mass is 9.90. The van der Waals surface area contributed by atoms with Crippen molar-refractivity contribution in [1.82, 2.24) is 19.8 Å². The van der Waals surface area contributed by atoms with E-state index in [2.05, 4.69) is 9.97 Å². The van der Waals surface area contributed by atoms with Crippen LogP contribution in [-0.2, 0) is 9.59 Å². The largest absolute Gasteiger partial charge is 0.340 e. The molecular weight excluding hydrogens is 364 g/mol. The Kier molecular flexibility index (Phi) is 5.60. The molecule has 4 atom stereocenters. The highest BCUT2D eigenvalue weighted by Crippen LogP contribution is 2.34. The molecule has 4 heterocycles. The summed E-state index contributed by atoms with van der Waals surface area (Å²) in [5, 5.41) is 0. The zero-order chi connectivity index (χ0) is 20.4. The zero-order valence-electron chi connectivity index (χ0n) is 17.1. The molecule has 2 aliphatic heterocycles. The van der Waals surface area contributed by atoms with Gasteiger partial charge in [-0.2, -0.15) is 0 Å². The number of fused-ring (bicyclic) bond motifs is 1. The molecule has 29 heavy (non-hydrogen) atoms. The molecule has 6 heteroatoms. The minimum atomic E-state index is -0.221. The number of hydrogen-bond acceptors (Lipinski definition) is 4. The molecule has 0 bridgehead atoms. The van der Waals surface area contributed by atoms with Crippen molar-refractivity contribution in [3.63, 3.8) is 0 Å². The highest BCUT2D eigenvalue weighted by molar-refractivity contribution is 5.85. The molecule has 2 aromatic rings. The number of likely N-dealkylation sites (tertiary alicyclic amines) is 2. The van der Waals surface area contributed by atoms with E-state index in [1.165, 1.54) is 0 Å². The van der Waals surface area contributed by atoms with E-state index in [-0.39, 0.29) is 29.7 Å². The summed E-state index contributed by atoms with van der Waals surface area (Å²) in [6.45, 7) is 6.02. The van der Waals surface area contributed by atoms with E-state index < -0.39 is 0 Å². The molecule has 2 fully saturated rings. The Morgan fingerprint density at radius 2 is 1.59 bits per heavy atom. The molecule has 2 aromatic heterocycles. The van der Waals surface area contributed by atoms with Crippen LogP contribution in [0.15, 0.2) is 49.1 Å². The summed E-state index contributed by atoms with van der Waals surface area (Å²) in [4.78, 5) is 38.6. The first-order chi connectivity index (χ1) is 14.1. The Morgan fingerprint density at radius 3 is 2.17 bits per heavy atom. The van der Waals surface area contributed by atoms with Crippen molar-refractivity contribution < 1.29 is 9.59 Å². The quantitative estimate of drug-likeness (QED) is 0.803. The molecule has 0 aromatic carbocycles. The van der Waals surface area contributed by atoms with Gasteiger partial charge in [0.05, 0.1) is 17.9 Å². The van der Waals surface area contributed by atoms with Crippen LogP contribution in [-0.4, -0.2) is 57.3 Å². The van der Waals surface area contributed by atoms with Crippen molar-refractivity contribution in [1.29, 1.82) is 0 Å². The van der Waals surface area contributed by atoms with Gasteiger partial charge >= 0.3 is 0 Å². The molecule has 0 N–H and O–H groups in total. The first-order valence-corrected chi connectivity index (χ1v) is 10.5. The number of piperidine rings is 1. The molecule has 0 aliphatic carbocycles. The van der Waals surface area contributed by atoms with E-state index in [1.54, 1.807) is 24.8 Å². The SMILES string of the molecule is CC(C(=O)N1C[C@@H]2CCCN(C(=O)C(C)c3cccnc3)[C@@H]2C1)c1cccnc1. The maximum atomic E-state index is 13.3. The number of rotatable bonds is 4. The molecule has 0 saturated carbocycles. The Morgan fingerprint density at radius 1 is 0.966 bits per heavy atom. The predicted octanol–water partition coefficient (Wildman–Crippen LogP) is 2.83. The van der Waals surface area contributed by atoms with Crippen LogP contribution in [0.1, 0.15) is 49.7 Å². The van der Waals surface area contributed by atoms with E-state index >= 15 is 0 Å². The van der Waals surface area contributed by atoms with Crippen LogP contribution < -0.4 is 0 Å². The lowest BCUT2D eigenvalue weighted by Gasteiger charge is -2.38. The topological polar surface area (TPSA) is 66.4 Å². The van der Waals surface area contributed by atoms with Gasteiger partial charge in [0.2, 0.25) is 11.8 Å². The molecule has 2 saturated heterocycles. The van der Waals surface area contributed by atoms with Crippen molar-refractivity contribution in [2.75, 3.05) is 19.6 Å². The number of hydrogen-bond donors (Lipinski definition) is 0. The third-order valence-corrected chi connectivity index (χ3v) is 6.49. The van der Waals surface area contributed by atoms with Crippen LogP contribution in [0.25, 0.3) is 0 Å². The van der Waals surface area contributed by atoms with Crippen molar-refractivity contribution >= 4 is 11.8 Å². The van der Waals surface area contributed by atoms with E-state index in [9.17, 15) is 9.59 Å². The van der Waals surface area contributed by atoms with Crippen LogP contribution in [0.2, 0.25) is 0 Å². The van der Waals surface area contributed by atoms with Gasteiger partial charge in [0.25, 0.3) is 0 Å². The van der Waals surface area contributed by atoms with Crippen LogP contribution in [0, 0.1) is 5.92 Å². The standard InChI is InChI=1S/C23H28N4O2/c1-16(18-6-3-9-24-12-18)22(28)26-14-20-8-5-11-27(21(20)15-26)23(29)17(2)19-7-4-10-25-13-19/h3-4,6-7,9-10,12-13,16-17,20-21H,5,8,11,14-15H2,1-2H3/t16?,17?,20-,21+/m0/s1. The van der Waals surface area contributed by atoms with Gasteiger partial charge in [-0.25, -0.2) is 0 Å². The van der Waals surface area contributed by atoms with Gasteiger partial charge in [-0.15, -0.1) is 0 Å². The van der Waals surface area contributed by atoms with Crippen LogP contribution in [0.3, 0.4) is 0 Å². The molecule has 6 nitrogen and oxygen atoms in total. The van der Waals surface area contributed by atoms with E-state index in [1.807, 2.05) is 47.9 Å². The number of carbonyl (C=O) groups is 2. The van der Waals surface area contributed by atoms with Crippen molar-refractivity contribution in [2.45, 2.75) is 44.6 Å². The van der Waals surface area contributed by atoms with Gasteiger partial charge in [0, 0.05) is 44.4 Å². The lowest BCUT2D eigenvalue weighted by molar-refractivity contribution is -0.137. The summed E-state index contributed by atoms with van der Waals surface area (Å²) in [5.41, 5.74) is 1.88. The van der Waals surface area contributed by atoms with Gasteiger partial charge in [0.15, 0.2) is 0 Å². The van der Waals surface area contributed by atoms with Crippen molar-refractivity contribution in [2.24, 2.45) is 5.92 Å². The highest BCUT2D eigenvalue weighted by Gasteiger charge is 2.44. The predicted molar refractivity (Wildman–Crippen MR) is 110 cm³/mol. The number of carbonyl (C=O) groups excluding carboxylic acids is 2. The van der Waals surface area contributed by atoms with Gasteiger partial charge < -0.3 is 9.80 Å². The summed E-state index contributed by atoms with van der Waals surface area (Å²) >= 11 is 0. The molecule has 2 amide bonds. The van der Waals surface area contributed by atoms with Crippen molar-refractivity contribution in [3.8, 4) is 0 Å². The van der Waals surface area contributed by atoms with Crippen LogP contribution >= 0.6 is 0 Å². The van der Waals surface area contributed by atoms with Crippen LogP contribution in [0.4, 0.5) is 0 Å². The average molecular weight is 393 g/mol. The highest BCUT2D eigenvalue weighted by atomic mass is 16.2. The second-order valence-electron chi connectivity index (χ2n) is 8.26. The summed E-state index contributed by atoms with van der Waals surface area (Å²) in [5.74, 6) is 0.185. The Hall–Kier alpha value is -2.76. The third kappa shape index (κ3) is 3.88. The fourth-order valence-electron chi connectivity index (χ4n) is 4.71. The number of nitrogens with zero attached hydrogens (tertiary/aromatic N) is 4. The molecule has 2 aliphatic rings. The Bertz CT molecular complexity index is 858. The van der Waals surface area contributed by atoms with Gasteiger partial charge in [0.1, 0.15) is 0 Å². The molecule has 2 unspecified atom stereocenters. The number of pyridine rings is 2. The smallest absolute Gasteiger partial charge is 0.230 e. The van der Waals surface area contributed by atoms with Gasteiger partial charge in [-0.1, -0.05) is 12.1 Å². The third-order valence-electron chi connectivity index (χ3n) is 6.49. The maximum Gasteiger partial charge on any atom is 0.230 e. The van der Waals surface area contributed by atoms with Crippen LogP contribution in [0.5, 0.6) is 0 Å². The van der Waals surface area contributed by atoms with Gasteiger partial charge in [-0.05, 0) is 55.9 Å². The molecule has 0 spiro atoms. The minimum absolute atomic E-state index is 0.111. The van der Waals surface area contributed by atoms with E-state index in [0.717, 1.165) is 37.1 Å². The lowest BCUT2D eigenvalue weighted by Crippen LogP contribution is -2.50. The van der Waals surface area contributed by atoms with Crippen molar-refractivity contribution in [3.05, 3.63) is 60.2 Å². The average Bonchev–Trinajstić information content (AvgIpc) is 3.22. The van der Waals surface area contributed by atoms with E-state index in [4.69, 9.17) is 0 Å². The molecule has 4 rings (SSSR count). The van der Waals surface area contributed by atoms with Gasteiger partial charge in [-0.3, -0.25) is 19.6 Å². The molecule has 152 valence electrons. The molecule has 0 radical (unpaired) electrons.